The number of carboxylic acids is 1. The van der Waals surface area contributed by atoms with Gasteiger partial charge < -0.3 is 10.2 Å². The normalized spacial score (nSPS) is 10.6. The SMILES string of the molecule is Cc1ccc2c(C)c(O)cc(C(=O)O)c2c1. The molecule has 0 spiro atoms. The molecule has 0 bridgehead atoms. The van der Waals surface area contributed by atoms with Gasteiger partial charge in [-0.25, -0.2) is 4.79 Å². The largest absolute Gasteiger partial charge is 0.508 e. The third-order valence-corrected chi connectivity index (χ3v) is 2.76. The Balaban J connectivity index is 2.95. The van der Waals surface area contributed by atoms with Crippen molar-refractivity contribution in [3.05, 3.63) is 41.0 Å². The Kier molecular flexibility index (Phi) is 2.31. The Morgan fingerprint density at radius 2 is 1.81 bits per heavy atom. The summed E-state index contributed by atoms with van der Waals surface area (Å²) < 4.78 is 0. The highest BCUT2D eigenvalue weighted by molar-refractivity contribution is 6.05. The second-order valence-electron chi connectivity index (χ2n) is 3.92. The Labute approximate surface area is 93.0 Å². The molecule has 0 aliphatic rings. The Morgan fingerprint density at radius 3 is 2.44 bits per heavy atom. The Morgan fingerprint density at radius 1 is 1.12 bits per heavy atom. The van der Waals surface area contributed by atoms with Crippen molar-refractivity contribution in [3.8, 4) is 5.75 Å². The van der Waals surface area contributed by atoms with Crippen LogP contribution in [-0.2, 0) is 0 Å². The van der Waals surface area contributed by atoms with E-state index in [1.807, 2.05) is 25.1 Å². The summed E-state index contributed by atoms with van der Waals surface area (Å²) in [7, 11) is 0. The van der Waals surface area contributed by atoms with E-state index in [-0.39, 0.29) is 11.3 Å². The molecule has 0 fully saturated rings. The van der Waals surface area contributed by atoms with E-state index in [4.69, 9.17) is 5.11 Å². The summed E-state index contributed by atoms with van der Waals surface area (Å²) in [5, 5.41) is 20.2. The lowest BCUT2D eigenvalue weighted by atomic mass is 9.98. The van der Waals surface area contributed by atoms with Crippen LogP contribution in [0.15, 0.2) is 24.3 Å². The summed E-state index contributed by atoms with van der Waals surface area (Å²) in [5.41, 5.74) is 1.85. The molecule has 0 aliphatic heterocycles. The van der Waals surface area contributed by atoms with Gasteiger partial charge in [-0.3, -0.25) is 0 Å². The molecule has 3 heteroatoms. The summed E-state index contributed by atoms with van der Waals surface area (Å²) in [6.07, 6.45) is 0. The number of aromatic carboxylic acids is 1. The van der Waals surface area contributed by atoms with Gasteiger partial charge in [0.15, 0.2) is 0 Å². The number of phenolic OH excluding ortho intramolecular Hbond substituents is 1. The van der Waals surface area contributed by atoms with E-state index in [2.05, 4.69) is 0 Å². The number of fused-ring (bicyclic) bond motifs is 1. The molecule has 0 aliphatic carbocycles. The number of aromatic hydroxyl groups is 1. The maximum Gasteiger partial charge on any atom is 0.336 e. The second kappa shape index (κ2) is 3.52. The van der Waals surface area contributed by atoms with Gasteiger partial charge >= 0.3 is 5.97 Å². The lowest BCUT2D eigenvalue weighted by Crippen LogP contribution is -1.98. The van der Waals surface area contributed by atoms with Crippen LogP contribution in [-0.4, -0.2) is 16.2 Å². The average molecular weight is 216 g/mol. The highest BCUT2D eigenvalue weighted by atomic mass is 16.4. The first-order valence-corrected chi connectivity index (χ1v) is 4.97. The smallest absolute Gasteiger partial charge is 0.336 e. The van der Waals surface area contributed by atoms with E-state index in [0.717, 1.165) is 10.9 Å². The summed E-state index contributed by atoms with van der Waals surface area (Å²) in [6, 6.07) is 6.87. The van der Waals surface area contributed by atoms with Gasteiger partial charge in [0.1, 0.15) is 5.75 Å². The van der Waals surface area contributed by atoms with E-state index in [0.29, 0.717) is 10.9 Å². The van der Waals surface area contributed by atoms with Gasteiger partial charge in [0.05, 0.1) is 5.56 Å². The fraction of sp³-hybridized carbons (Fsp3) is 0.154. The van der Waals surface area contributed by atoms with Crippen LogP contribution in [0.25, 0.3) is 10.8 Å². The van der Waals surface area contributed by atoms with Crippen molar-refractivity contribution < 1.29 is 15.0 Å². The third-order valence-electron chi connectivity index (χ3n) is 2.76. The van der Waals surface area contributed by atoms with Crippen molar-refractivity contribution in [2.24, 2.45) is 0 Å². The molecule has 2 aromatic rings. The van der Waals surface area contributed by atoms with Crippen molar-refractivity contribution in [2.75, 3.05) is 0 Å². The molecule has 2 rings (SSSR count). The summed E-state index contributed by atoms with van der Waals surface area (Å²) >= 11 is 0. The predicted molar refractivity (Wildman–Crippen MR) is 62.0 cm³/mol. The predicted octanol–water partition coefficient (Wildman–Crippen LogP) is 2.86. The summed E-state index contributed by atoms with van der Waals surface area (Å²) in [5.74, 6) is -1.00. The van der Waals surface area contributed by atoms with E-state index < -0.39 is 5.97 Å². The zero-order chi connectivity index (χ0) is 11.9. The standard InChI is InChI=1S/C13H12O3/c1-7-3-4-9-8(2)12(14)6-11(13(15)16)10(9)5-7/h3-6,14H,1-2H3,(H,15,16). The molecule has 16 heavy (non-hydrogen) atoms. The van der Waals surface area contributed by atoms with Gasteiger partial charge in [-0.1, -0.05) is 23.8 Å². The molecule has 2 N–H and O–H groups in total. The van der Waals surface area contributed by atoms with Gasteiger partial charge in [-0.15, -0.1) is 0 Å². The molecule has 0 radical (unpaired) electrons. The lowest BCUT2D eigenvalue weighted by Gasteiger charge is -2.09. The highest BCUT2D eigenvalue weighted by Crippen LogP contribution is 2.30. The number of carboxylic acid groups (broad SMARTS) is 1. The topological polar surface area (TPSA) is 57.5 Å². The molecule has 0 unspecified atom stereocenters. The van der Waals surface area contributed by atoms with Crippen molar-refractivity contribution in [1.29, 1.82) is 0 Å². The van der Waals surface area contributed by atoms with Crippen molar-refractivity contribution in [2.45, 2.75) is 13.8 Å². The Bertz CT molecular complexity index is 585. The minimum absolute atomic E-state index is 0.0220. The minimum atomic E-state index is -1.02. The van der Waals surface area contributed by atoms with E-state index in [1.54, 1.807) is 6.92 Å². The van der Waals surface area contributed by atoms with Crippen LogP contribution in [0.2, 0.25) is 0 Å². The first-order chi connectivity index (χ1) is 7.50. The van der Waals surface area contributed by atoms with Crippen LogP contribution in [0.4, 0.5) is 0 Å². The van der Waals surface area contributed by atoms with Crippen LogP contribution in [0.3, 0.4) is 0 Å². The Hall–Kier alpha value is -2.03. The van der Waals surface area contributed by atoms with E-state index in [1.165, 1.54) is 6.07 Å². The number of hydrogen-bond acceptors (Lipinski definition) is 2. The van der Waals surface area contributed by atoms with Crippen molar-refractivity contribution in [1.82, 2.24) is 0 Å². The van der Waals surface area contributed by atoms with Crippen molar-refractivity contribution >= 4 is 16.7 Å². The molecule has 0 saturated heterocycles. The number of rotatable bonds is 1. The number of aryl methyl sites for hydroxylation is 2. The molecular formula is C13H12O3. The van der Waals surface area contributed by atoms with Crippen LogP contribution >= 0.6 is 0 Å². The zero-order valence-corrected chi connectivity index (χ0v) is 9.11. The third kappa shape index (κ3) is 1.50. The first kappa shape index (κ1) is 10.5. The lowest BCUT2D eigenvalue weighted by molar-refractivity contribution is 0.0698. The van der Waals surface area contributed by atoms with Gasteiger partial charge in [0.2, 0.25) is 0 Å². The minimum Gasteiger partial charge on any atom is -0.508 e. The molecule has 0 heterocycles. The van der Waals surface area contributed by atoms with Crippen molar-refractivity contribution in [3.63, 3.8) is 0 Å². The molecule has 3 nitrogen and oxygen atoms in total. The van der Waals surface area contributed by atoms with Crippen LogP contribution in [0.5, 0.6) is 5.75 Å². The van der Waals surface area contributed by atoms with E-state index >= 15 is 0 Å². The zero-order valence-electron chi connectivity index (χ0n) is 9.11. The maximum atomic E-state index is 11.1. The maximum absolute atomic E-state index is 11.1. The molecular weight excluding hydrogens is 204 g/mol. The van der Waals surface area contributed by atoms with Crippen LogP contribution in [0.1, 0.15) is 21.5 Å². The van der Waals surface area contributed by atoms with Crippen LogP contribution in [0, 0.1) is 13.8 Å². The summed E-state index contributed by atoms with van der Waals surface area (Å²) in [4.78, 5) is 11.1. The second-order valence-corrected chi connectivity index (χ2v) is 3.92. The quantitative estimate of drug-likeness (QED) is 0.770. The van der Waals surface area contributed by atoms with Crippen LogP contribution < -0.4 is 0 Å². The number of hydrogen-bond donors (Lipinski definition) is 2. The van der Waals surface area contributed by atoms with Gasteiger partial charge in [-0.05, 0) is 36.2 Å². The molecule has 0 saturated carbocycles. The molecule has 0 amide bonds. The highest BCUT2D eigenvalue weighted by Gasteiger charge is 2.13. The summed E-state index contributed by atoms with van der Waals surface area (Å²) in [6.45, 7) is 3.69. The molecule has 0 atom stereocenters. The van der Waals surface area contributed by atoms with Gasteiger partial charge in [-0.2, -0.15) is 0 Å². The fourth-order valence-electron chi connectivity index (χ4n) is 1.85. The van der Waals surface area contributed by atoms with E-state index in [9.17, 15) is 9.90 Å². The number of benzene rings is 2. The molecule has 82 valence electrons. The number of carbonyl (C=O) groups is 1. The molecule has 2 aromatic carbocycles. The van der Waals surface area contributed by atoms with Gasteiger partial charge in [0.25, 0.3) is 0 Å². The van der Waals surface area contributed by atoms with Gasteiger partial charge in [0, 0.05) is 0 Å². The molecule has 0 aromatic heterocycles. The average Bonchev–Trinajstić information content (AvgIpc) is 2.22. The number of phenols is 1. The monoisotopic (exact) mass is 216 g/mol. The first-order valence-electron chi connectivity index (χ1n) is 4.97. The fourth-order valence-corrected chi connectivity index (χ4v) is 1.85.